The van der Waals surface area contributed by atoms with Crippen molar-refractivity contribution in [1.82, 2.24) is 16.0 Å². The number of carboxylic acids is 1. The summed E-state index contributed by atoms with van der Waals surface area (Å²) < 4.78 is 0. The van der Waals surface area contributed by atoms with Crippen molar-refractivity contribution in [3.63, 3.8) is 0 Å². The number of aliphatic hydroxyl groups is 1. The highest BCUT2D eigenvalue weighted by molar-refractivity contribution is 7.98. The Morgan fingerprint density at radius 2 is 1.64 bits per heavy atom. The van der Waals surface area contributed by atoms with E-state index >= 15 is 0 Å². The molecule has 0 saturated heterocycles. The maximum atomic E-state index is 12.4. The summed E-state index contributed by atoms with van der Waals surface area (Å²) in [6.45, 7) is 4.66. The van der Waals surface area contributed by atoms with Crippen LogP contribution in [0.5, 0.6) is 0 Å². The zero-order valence-electron chi connectivity index (χ0n) is 16.7. The van der Waals surface area contributed by atoms with Gasteiger partial charge in [-0.1, -0.05) is 13.8 Å². The maximum absolute atomic E-state index is 12.4. The van der Waals surface area contributed by atoms with Gasteiger partial charge in [-0.15, -0.1) is 0 Å². The van der Waals surface area contributed by atoms with Gasteiger partial charge in [0, 0.05) is 0 Å². The van der Waals surface area contributed by atoms with Gasteiger partial charge in [-0.2, -0.15) is 11.8 Å². The maximum Gasteiger partial charge on any atom is 0.326 e. The van der Waals surface area contributed by atoms with Gasteiger partial charge < -0.3 is 31.9 Å². The topological polar surface area (TPSA) is 171 Å². The average Bonchev–Trinajstić information content (AvgIpc) is 2.60. The molecule has 0 aliphatic rings. The summed E-state index contributed by atoms with van der Waals surface area (Å²) in [7, 11) is 0. The van der Waals surface area contributed by atoms with Crippen LogP contribution in [0.4, 0.5) is 0 Å². The molecule has 0 radical (unpaired) electrons. The first-order valence-electron chi connectivity index (χ1n) is 9.02. The third-order valence-electron chi connectivity index (χ3n) is 3.83. The van der Waals surface area contributed by atoms with E-state index in [0.717, 1.165) is 0 Å². The van der Waals surface area contributed by atoms with Crippen LogP contribution in [0.3, 0.4) is 0 Å². The molecule has 0 aromatic heterocycles. The Labute approximate surface area is 169 Å². The summed E-state index contributed by atoms with van der Waals surface area (Å²) in [5.41, 5.74) is 5.57. The summed E-state index contributed by atoms with van der Waals surface area (Å²) in [5, 5.41) is 25.7. The second-order valence-corrected chi connectivity index (χ2v) is 7.90. The number of aliphatic carboxylic acids is 1. The molecule has 0 aliphatic carbocycles. The van der Waals surface area contributed by atoms with E-state index in [-0.39, 0.29) is 12.3 Å². The van der Waals surface area contributed by atoms with Crippen molar-refractivity contribution in [3.8, 4) is 0 Å². The number of carbonyl (C=O) groups is 4. The predicted octanol–water partition coefficient (Wildman–Crippen LogP) is -1.34. The largest absolute Gasteiger partial charge is 0.480 e. The van der Waals surface area contributed by atoms with Crippen LogP contribution in [0.2, 0.25) is 0 Å². The molecule has 0 aromatic carbocycles. The molecular formula is C17H32N4O6S. The average molecular weight is 421 g/mol. The van der Waals surface area contributed by atoms with Crippen molar-refractivity contribution in [1.29, 1.82) is 0 Å². The summed E-state index contributed by atoms with van der Waals surface area (Å²) in [5.74, 6) is -2.43. The molecule has 162 valence electrons. The summed E-state index contributed by atoms with van der Waals surface area (Å²) in [6, 6.07) is -3.15. The molecule has 7 N–H and O–H groups in total. The molecule has 28 heavy (non-hydrogen) atoms. The number of thioether (sulfide) groups is 1. The van der Waals surface area contributed by atoms with Crippen LogP contribution in [0, 0.1) is 5.92 Å². The molecular weight excluding hydrogens is 388 g/mol. The molecule has 3 amide bonds. The van der Waals surface area contributed by atoms with E-state index in [0.29, 0.717) is 12.2 Å². The Kier molecular flexibility index (Phi) is 12.5. The normalized spacial score (nSPS) is 15.2. The fourth-order valence-corrected chi connectivity index (χ4v) is 2.69. The molecule has 4 atom stereocenters. The molecule has 0 spiro atoms. The van der Waals surface area contributed by atoms with E-state index in [9.17, 15) is 24.3 Å². The zero-order chi connectivity index (χ0) is 21.9. The lowest BCUT2D eigenvalue weighted by molar-refractivity contribution is -0.141. The van der Waals surface area contributed by atoms with Crippen LogP contribution in [-0.2, 0) is 19.2 Å². The monoisotopic (exact) mass is 420 g/mol. The van der Waals surface area contributed by atoms with E-state index in [1.54, 1.807) is 0 Å². The molecule has 0 aromatic rings. The van der Waals surface area contributed by atoms with Crippen LogP contribution < -0.4 is 21.7 Å². The van der Waals surface area contributed by atoms with Crippen molar-refractivity contribution in [2.45, 2.75) is 57.8 Å². The minimum absolute atomic E-state index is 0.0654. The van der Waals surface area contributed by atoms with Crippen molar-refractivity contribution < 1.29 is 29.4 Å². The van der Waals surface area contributed by atoms with E-state index in [1.807, 2.05) is 20.1 Å². The first-order chi connectivity index (χ1) is 13.0. The van der Waals surface area contributed by atoms with Gasteiger partial charge in [-0.05, 0) is 37.7 Å². The lowest BCUT2D eigenvalue weighted by Crippen LogP contribution is -2.55. The molecule has 0 fully saturated rings. The van der Waals surface area contributed by atoms with Gasteiger partial charge >= 0.3 is 5.97 Å². The summed E-state index contributed by atoms with van der Waals surface area (Å²) >= 11 is 1.46. The molecule has 10 nitrogen and oxygen atoms in total. The van der Waals surface area contributed by atoms with Crippen LogP contribution in [0.25, 0.3) is 0 Å². The van der Waals surface area contributed by atoms with Gasteiger partial charge in [0.25, 0.3) is 0 Å². The standard InChI is InChI=1S/C17H32N4O6S/c1-9(2)7-12(21-16(25)14(18)10(3)22)15(24)19-8-13(23)20-11(17(26)27)5-6-28-4/h9-12,14,22H,5-8,18H2,1-4H3,(H,19,24)(H,20,23)(H,21,25)(H,26,27). The Morgan fingerprint density at radius 3 is 2.11 bits per heavy atom. The lowest BCUT2D eigenvalue weighted by Gasteiger charge is -2.23. The number of nitrogens with one attached hydrogen (secondary N) is 3. The predicted molar refractivity (Wildman–Crippen MR) is 107 cm³/mol. The fourth-order valence-electron chi connectivity index (χ4n) is 2.22. The molecule has 0 rings (SSSR count). The highest BCUT2D eigenvalue weighted by Gasteiger charge is 2.27. The molecule has 0 saturated carbocycles. The quantitative estimate of drug-likeness (QED) is 0.213. The van der Waals surface area contributed by atoms with E-state index in [4.69, 9.17) is 10.8 Å². The first-order valence-corrected chi connectivity index (χ1v) is 10.4. The van der Waals surface area contributed by atoms with E-state index in [2.05, 4.69) is 16.0 Å². The van der Waals surface area contributed by atoms with Gasteiger partial charge in [0.15, 0.2) is 0 Å². The molecule has 0 bridgehead atoms. The smallest absolute Gasteiger partial charge is 0.326 e. The van der Waals surface area contributed by atoms with Crippen molar-refractivity contribution in [2.24, 2.45) is 11.7 Å². The Bertz CT molecular complexity index is 544. The highest BCUT2D eigenvalue weighted by atomic mass is 32.2. The van der Waals surface area contributed by atoms with Crippen molar-refractivity contribution in [3.05, 3.63) is 0 Å². The Morgan fingerprint density at radius 1 is 1.04 bits per heavy atom. The van der Waals surface area contributed by atoms with Gasteiger partial charge in [-0.25, -0.2) is 4.79 Å². The van der Waals surface area contributed by atoms with Gasteiger partial charge in [-0.3, -0.25) is 14.4 Å². The van der Waals surface area contributed by atoms with Crippen molar-refractivity contribution in [2.75, 3.05) is 18.6 Å². The van der Waals surface area contributed by atoms with Crippen LogP contribution in [-0.4, -0.2) is 76.7 Å². The first kappa shape index (κ1) is 26.1. The molecule has 0 aliphatic heterocycles. The third kappa shape index (κ3) is 10.5. The molecule has 0 heterocycles. The van der Waals surface area contributed by atoms with Gasteiger partial charge in [0.05, 0.1) is 12.6 Å². The Hall–Kier alpha value is -1.85. The van der Waals surface area contributed by atoms with E-state index in [1.165, 1.54) is 18.7 Å². The lowest BCUT2D eigenvalue weighted by atomic mass is 10.0. The molecule has 4 unspecified atom stereocenters. The van der Waals surface area contributed by atoms with Crippen LogP contribution in [0.15, 0.2) is 0 Å². The number of nitrogens with two attached hydrogens (primary N) is 1. The van der Waals surface area contributed by atoms with E-state index < -0.39 is 54.5 Å². The minimum Gasteiger partial charge on any atom is -0.480 e. The van der Waals surface area contributed by atoms with Crippen LogP contribution in [0.1, 0.15) is 33.6 Å². The number of carbonyl (C=O) groups excluding carboxylic acids is 3. The number of carboxylic acid groups (broad SMARTS) is 1. The number of amides is 3. The second kappa shape index (κ2) is 13.3. The zero-order valence-corrected chi connectivity index (χ0v) is 17.5. The highest BCUT2D eigenvalue weighted by Crippen LogP contribution is 2.06. The Balaban J connectivity index is 4.78. The number of rotatable bonds is 13. The summed E-state index contributed by atoms with van der Waals surface area (Å²) in [4.78, 5) is 47.5. The number of hydrogen-bond acceptors (Lipinski definition) is 7. The van der Waals surface area contributed by atoms with Crippen molar-refractivity contribution >= 4 is 35.5 Å². The van der Waals surface area contributed by atoms with Gasteiger partial charge in [0.2, 0.25) is 17.7 Å². The minimum atomic E-state index is -1.18. The number of hydrogen-bond donors (Lipinski definition) is 6. The second-order valence-electron chi connectivity index (χ2n) is 6.91. The third-order valence-corrected chi connectivity index (χ3v) is 4.47. The van der Waals surface area contributed by atoms with Gasteiger partial charge in [0.1, 0.15) is 18.1 Å². The number of aliphatic hydroxyl groups excluding tert-OH is 1. The van der Waals surface area contributed by atoms with Crippen LogP contribution >= 0.6 is 11.8 Å². The fraction of sp³-hybridized carbons (Fsp3) is 0.765. The SMILES string of the molecule is CSCCC(NC(=O)CNC(=O)C(CC(C)C)NC(=O)C(N)C(C)O)C(=O)O. The summed E-state index contributed by atoms with van der Waals surface area (Å²) in [6.07, 6.45) is 1.31. The molecule has 11 heteroatoms.